The fourth-order valence-corrected chi connectivity index (χ4v) is 1.43. The number of nitrogens with one attached hydrogen (secondary N) is 2. The zero-order chi connectivity index (χ0) is 13.5. The Morgan fingerprint density at radius 3 is 2.72 bits per heavy atom. The highest BCUT2D eigenvalue weighted by molar-refractivity contribution is 5.94. The van der Waals surface area contributed by atoms with Crippen LogP contribution in [0.2, 0.25) is 0 Å². The molecule has 5 nitrogen and oxygen atoms in total. The minimum Gasteiger partial charge on any atom is -0.465 e. The molecule has 0 aliphatic heterocycles. The van der Waals surface area contributed by atoms with Crippen molar-refractivity contribution in [3.8, 4) is 0 Å². The summed E-state index contributed by atoms with van der Waals surface area (Å²) in [5, 5.41) is 5.73. The lowest BCUT2D eigenvalue weighted by Crippen LogP contribution is -2.27. The Labute approximate surface area is 107 Å². The van der Waals surface area contributed by atoms with Crippen molar-refractivity contribution in [2.45, 2.75) is 19.4 Å². The van der Waals surface area contributed by atoms with Crippen LogP contribution in [0.15, 0.2) is 24.3 Å². The second-order valence-electron chi connectivity index (χ2n) is 4.01. The van der Waals surface area contributed by atoms with Crippen LogP contribution in [0, 0.1) is 0 Å². The molecular weight excluding hydrogens is 232 g/mol. The summed E-state index contributed by atoms with van der Waals surface area (Å²) in [5.74, 6) is -0.520. The van der Waals surface area contributed by atoms with Gasteiger partial charge in [-0.1, -0.05) is 6.07 Å². The third-order valence-corrected chi connectivity index (χ3v) is 2.55. The van der Waals surface area contributed by atoms with Gasteiger partial charge in [-0.15, -0.1) is 0 Å². The van der Waals surface area contributed by atoms with E-state index in [4.69, 9.17) is 0 Å². The molecule has 0 spiro atoms. The molecule has 0 aliphatic rings. The number of carbonyl (C=O) groups excluding carboxylic acids is 2. The number of rotatable bonds is 5. The number of methoxy groups -OCH3 is 1. The van der Waals surface area contributed by atoms with Crippen molar-refractivity contribution >= 4 is 17.6 Å². The van der Waals surface area contributed by atoms with Crippen LogP contribution in [0.5, 0.6) is 0 Å². The fraction of sp³-hybridized carbons (Fsp3) is 0.385. The van der Waals surface area contributed by atoms with E-state index < -0.39 is 5.97 Å². The molecule has 98 valence electrons. The molecule has 0 fully saturated rings. The van der Waals surface area contributed by atoms with E-state index in [1.165, 1.54) is 7.11 Å². The van der Waals surface area contributed by atoms with Crippen molar-refractivity contribution in [1.82, 2.24) is 5.32 Å². The van der Waals surface area contributed by atoms with Gasteiger partial charge in [-0.25, -0.2) is 4.79 Å². The average Bonchev–Trinajstić information content (AvgIpc) is 2.37. The Balaban J connectivity index is 2.67. The van der Waals surface area contributed by atoms with Gasteiger partial charge in [-0.2, -0.15) is 0 Å². The van der Waals surface area contributed by atoms with Crippen molar-refractivity contribution in [2.75, 3.05) is 19.5 Å². The summed E-state index contributed by atoms with van der Waals surface area (Å²) in [6.45, 7) is 1.92. The van der Waals surface area contributed by atoms with E-state index in [0.29, 0.717) is 17.7 Å². The van der Waals surface area contributed by atoms with Crippen molar-refractivity contribution in [1.29, 1.82) is 0 Å². The maximum atomic E-state index is 11.7. The predicted molar refractivity (Wildman–Crippen MR) is 69.5 cm³/mol. The van der Waals surface area contributed by atoms with E-state index >= 15 is 0 Å². The van der Waals surface area contributed by atoms with Gasteiger partial charge in [0.1, 0.15) is 0 Å². The zero-order valence-corrected chi connectivity index (χ0v) is 10.8. The molecule has 18 heavy (non-hydrogen) atoms. The first-order chi connectivity index (χ1) is 8.56. The summed E-state index contributed by atoms with van der Waals surface area (Å²) in [5.41, 5.74) is 1.00. The maximum absolute atomic E-state index is 11.7. The van der Waals surface area contributed by atoms with Gasteiger partial charge < -0.3 is 15.4 Å². The van der Waals surface area contributed by atoms with E-state index in [9.17, 15) is 9.59 Å². The highest BCUT2D eigenvalue weighted by Gasteiger charge is 2.09. The molecule has 5 heteroatoms. The van der Waals surface area contributed by atoms with Gasteiger partial charge in [0.15, 0.2) is 0 Å². The zero-order valence-electron chi connectivity index (χ0n) is 10.8. The highest BCUT2D eigenvalue weighted by atomic mass is 16.5. The predicted octanol–water partition coefficient (Wildman–Crippen LogP) is 1.41. The second-order valence-corrected chi connectivity index (χ2v) is 4.01. The molecule has 0 saturated carbocycles. The maximum Gasteiger partial charge on any atom is 0.337 e. The molecule has 1 rings (SSSR count). The number of carbonyl (C=O) groups is 2. The fourth-order valence-electron chi connectivity index (χ4n) is 1.43. The Morgan fingerprint density at radius 2 is 2.11 bits per heavy atom. The van der Waals surface area contributed by atoms with E-state index in [1.807, 2.05) is 6.92 Å². The van der Waals surface area contributed by atoms with Gasteiger partial charge in [0.25, 0.3) is 0 Å². The van der Waals surface area contributed by atoms with Gasteiger partial charge in [0.05, 0.1) is 12.7 Å². The first kappa shape index (κ1) is 14.2. The quantitative estimate of drug-likeness (QED) is 0.775. The third-order valence-electron chi connectivity index (χ3n) is 2.55. The SMILES string of the molecule is CNC(C)CC(=O)Nc1cccc(C(=O)OC)c1. The van der Waals surface area contributed by atoms with E-state index in [1.54, 1.807) is 31.3 Å². The van der Waals surface area contributed by atoms with Crippen LogP contribution in [0.1, 0.15) is 23.7 Å². The smallest absolute Gasteiger partial charge is 0.337 e. The van der Waals surface area contributed by atoms with Gasteiger partial charge in [-0.05, 0) is 32.2 Å². The molecule has 2 N–H and O–H groups in total. The van der Waals surface area contributed by atoms with E-state index in [2.05, 4.69) is 15.4 Å². The molecule has 0 saturated heterocycles. The lowest BCUT2D eigenvalue weighted by atomic mass is 10.2. The van der Waals surface area contributed by atoms with E-state index in [0.717, 1.165) is 0 Å². The van der Waals surface area contributed by atoms with Crippen LogP contribution in [0.25, 0.3) is 0 Å². The molecule has 0 aliphatic carbocycles. The molecule has 0 bridgehead atoms. The Hall–Kier alpha value is -1.88. The van der Waals surface area contributed by atoms with Gasteiger partial charge in [-0.3, -0.25) is 4.79 Å². The summed E-state index contributed by atoms with van der Waals surface area (Å²) < 4.78 is 4.62. The van der Waals surface area contributed by atoms with E-state index in [-0.39, 0.29) is 11.9 Å². The summed E-state index contributed by atoms with van der Waals surface area (Å²) in [7, 11) is 3.12. The summed E-state index contributed by atoms with van der Waals surface area (Å²) in [4.78, 5) is 23.0. The summed E-state index contributed by atoms with van der Waals surface area (Å²) in [6, 6.07) is 6.76. The lowest BCUT2D eigenvalue weighted by Gasteiger charge is -2.10. The molecule has 1 unspecified atom stereocenters. The largest absolute Gasteiger partial charge is 0.465 e. The topological polar surface area (TPSA) is 67.4 Å². The summed E-state index contributed by atoms with van der Waals surface area (Å²) in [6.07, 6.45) is 0.374. The number of hydrogen-bond donors (Lipinski definition) is 2. The Morgan fingerprint density at radius 1 is 1.39 bits per heavy atom. The van der Waals surface area contributed by atoms with Crippen molar-refractivity contribution in [3.63, 3.8) is 0 Å². The van der Waals surface area contributed by atoms with Crippen molar-refractivity contribution in [3.05, 3.63) is 29.8 Å². The normalized spacial score (nSPS) is 11.7. The highest BCUT2D eigenvalue weighted by Crippen LogP contribution is 2.12. The monoisotopic (exact) mass is 250 g/mol. The van der Waals surface area contributed by atoms with Crippen LogP contribution in [-0.4, -0.2) is 32.1 Å². The molecule has 1 atom stereocenters. The van der Waals surface area contributed by atoms with Crippen molar-refractivity contribution < 1.29 is 14.3 Å². The molecule has 0 heterocycles. The van der Waals surface area contributed by atoms with Crippen LogP contribution in [0.3, 0.4) is 0 Å². The number of amides is 1. The second kappa shape index (κ2) is 6.76. The Kier molecular flexibility index (Phi) is 5.32. The van der Waals surface area contributed by atoms with Crippen LogP contribution in [-0.2, 0) is 9.53 Å². The van der Waals surface area contributed by atoms with Crippen molar-refractivity contribution in [2.24, 2.45) is 0 Å². The number of benzene rings is 1. The first-order valence-corrected chi connectivity index (χ1v) is 5.72. The third kappa shape index (κ3) is 4.18. The minimum absolute atomic E-state index is 0.0983. The molecular formula is C13H18N2O3. The summed E-state index contributed by atoms with van der Waals surface area (Å²) >= 11 is 0. The van der Waals surface area contributed by atoms with Crippen LogP contribution in [0.4, 0.5) is 5.69 Å². The van der Waals surface area contributed by atoms with Crippen LogP contribution < -0.4 is 10.6 Å². The molecule has 1 aromatic rings. The molecule has 1 aromatic carbocycles. The lowest BCUT2D eigenvalue weighted by molar-refractivity contribution is -0.116. The molecule has 0 radical (unpaired) electrons. The first-order valence-electron chi connectivity index (χ1n) is 5.72. The molecule has 0 aromatic heterocycles. The molecule has 1 amide bonds. The van der Waals surface area contributed by atoms with Gasteiger partial charge in [0, 0.05) is 18.2 Å². The Bertz CT molecular complexity index is 432. The number of anilines is 1. The van der Waals surface area contributed by atoms with Gasteiger partial charge >= 0.3 is 5.97 Å². The standard InChI is InChI=1S/C13H18N2O3/c1-9(14-2)7-12(16)15-11-6-4-5-10(8-11)13(17)18-3/h4-6,8-9,14H,7H2,1-3H3,(H,15,16). The number of ether oxygens (including phenoxy) is 1. The number of esters is 1. The average molecular weight is 250 g/mol. The number of hydrogen-bond acceptors (Lipinski definition) is 4. The van der Waals surface area contributed by atoms with Gasteiger partial charge in [0.2, 0.25) is 5.91 Å². The minimum atomic E-state index is -0.422. The van der Waals surface area contributed by atoms with Crippen LogP contribution >= 0.6 is 0 Å².